The average Bonchev–Trinajstić information content (AvgIpc) is 2.37. The van der Waals surface area contributed by atoms with E-state index in [1.807, 2.05) is 30.0 Å². The van der Waals surface area contributed by atoms with E-state index in [1.54, 1.807) is 6.08 Å². The first kappa shape index (κ1) is 13.0. The molecule has 0 saturated carbocycles. The van der Waals surface area contributed by atoms with E-state index in [0.29, 0.717) is 18.7 Å². The normalized spacial score (nSPS) is 10.1. The topological polar surface area (TPSA) is 33.5 Å². The number of anilines is 1. The van der Waals surface area contributed by atoms with Gasteiger partial charge in [-0.15, -0.1) is 13.0 Å². The number of hydrogen-bond donors (Lipinski definition) is 0. The minimum Gasteiger partial charge on any atom is -0.423 e. The minimum absolute atomic E-state index is 0.339. The minimum atomic E-state index is -0.339. The van der Waals surface area contributed by atoms with Gasteiger partial charge in [0.05, 0.1) is 6.54 Å². The molecule has 3 heteroatoms. The summed E-state index contributed by atoms with van der Waals surface area (Å²) in [6, 6.07) is 7.24. The summed E-state index contributed by atoms with van der Waals surface area (Å²) >= 11 is 0. The van der Waals surface area contributed by atoms with Crippen molar-refractivity contribution in [1.82, 2.24) is 0 Å². The number of fused-ring (bicyclic) bond motifs is 1. The summed E-state index contributed by atoms with van der Waals surface area (Å²) in [6.45, 7) is 6.73. The highest BCUT2D eigenvalue weighted by atomic mass is 16.4. The summed E-state index contributed by atoms with van der Waals surface area (Å²) in [5.41, 5.74) is 2.06. The van der Waals surface area contributed by atoms with E-state index in [1.165, 1.54) is 6.07 Å². The van der Waals surface area contributed by atoms with Crippen LogP contribution in [0, 0.1) is 19.3 Å². The second-order valence-corrected chi connectivity index (χ2v) is 4.30. The Bertz CT molecular complexity index is 707. The van der Waals surface area contributed by atoms with E-state index < -0.39 is 0 Å². The number of rotatable bonds is 4. The maximum atomic E-state index is 11.4. The molecule has 0 fully saturated rings. The van der Waals surface area contributed by atoms with Crippen molar-refractivity contribution < 1.29 is 4.42 Å². The molecule has 0 unspecified atom stereocenters. The van der Waals surface area contributed by atoms with Crippen molar-refractivity contribution >= 4 is 16.7 Å². The molecule has 1 aromatic heterocycles. The van der Waals surface area contributed by atoms with Gasteiger partial charge in [-0.1, -0.05) is 12.0 Å². The molecule has 0 atom stereocenters. The summed E-state index contributed by atoms with van der Waals surface area (Å²) in [5, 5.41) is 0.933. The van der Waals surface area contributed by atoms with Gasteiger partial charge in [-0.25, -0.2) is 4.79 Å². The third-order valence-electron chi connectivity index (χ3n) is 2.93. The fraction of sp³-hybridized carbons (Fsp3) is 0.188. The van der Waals surface area contributed by atoms with Gasteiger partial charge < -0.3 is 9.32 Å². The maximum absolute atomic E-state index is 11.4. The average molecular weight is 253 g/mol. The first-order chi connectivity index (χ1) is 9.15. The Labute approximate surface area is 112 Å². The summed E-state index contributed by atoms with van der Waals surface area (Å²) < 4.78 is 5.23. The monoisotopic (exact) mass is 253 g/mol. The van der Waals surface area contributed by atoms with Crippen molar-refractivity contribution in [3.8, 4) is 12.3 Å². The molecule has 3 nitrogen and oxygen atoms in total. The Morgan fingerprint density at radius 2 is 2.26 bits per heavy atom. The van der Waals surface area contributed by atoms with Crippen LogP contribution in [0.2, 0.25) is 0 Å². The van der Waals surface area contributed by atoms with Gasteiger partial charge in [-0.2, -0.15) is 0 Å². The molecule has 0 saturated heterocycles. The number of aryl methyl sites for hydroxylation is 1. The number of benzene rings is 1. The Morgan fingerprint density at radius 1 is 1.47 bits per heavy atom. The van der Waals surface area contributed by atoms with Gasteiger partial charge in [0, 0.05) is 29.8 Å². The lowest BCUT2D eigenvalue weighted by Crippen LogP contribution is -2.23. The Morgan fingerprint density at radius 3 is 2.95 bits per heavy atom. The highest BCUT2D eigenvalue weighted by Gasteiger charge is 2.07. The molecular formula is C16H15NO2. The second kappa shape index (κ2) is 5.45. The predicted molar refractivity (Wildman–Crippen MR) is 78.5 cm³/mol. The van der Waals surface area contributed by atoms with Crippen LogP contribution in [0.25, 0.3) is 11.0 Å². The summed E-state index contributed by atoms with van der Waals surface area (Å²) in [7, 11) is 0. The number of terminal acetylenes is 1. The summed E-state index contributed by atoms with van der Waals surface area (Å²) in [4.78, 5) is 13.4. The summed E-state index contributed by atoms with van der Waals surface area (Å²) in [5.74, 6) is 2.61. The van der Waals surface area contributed by atoms with Crippen molar-refractivity contribution in [2.45, 2.75) is 6.92 Å². The van der Waals surface area contributed by atoms with Gasteiger partial charge >= 0.3 is 5.63 Å². The largest absolute Gasteiger partial charge is 0.423 e. The molecule has 0 aliphatic rings. The zero-order chi connectivity index (χ0) is 13.8. The molecule has 0 spiro atoms. The third kappa shape index (κ3) is 2.69. The van der Waals surface area contributed by atoms with Gasteiger partial charge in [0.2, 0.25) is 0 Å². The summed E-state index contributed by atoms with van der Waals surface area (Å²) in [6.07, 6.45) is 7.14. The molecule has 19 heavy (non-hydrogen) atoms. The zero-order valence-electron chi connectivity index (χ0n) is 10.8. The third-order valence-corrected chi connectivity index (χ3v) is 2.93. The molecule has 0 N–H and O–H groups in total. The lowest BCUT2D eigenvalue weighted by atomic mass is 10.1. The first-order valence-electron chi connectivity index (χ1n) is 5.99. The van der Waals surface area contributed by atoms with Crippen LogP contribution in [0.5, 0.6) is 0 Å². The van der Waals surface area contributed by atoms with E-state index in [4.69, 9.17) is 10.8 Å². The Hall–Kier alpha value is -2.47. The number of hydrogen-bond acceptors (Lipinski definition) is 3. The van der Waals surface area contributed by atoms with Gasteiger partial charge in [-0.05, 0) is 24.6 Å². The molecule has 0 aliphatic heterocycles. The lowest BCUT2D eigenvalue weighted by Gasteiger charge is -2.20. The van der Waals surface area contributed by atoms with Crippen LogP contribution in [0.1, 0.15) is 5.56 Å². The van der Waals surface area contributed by atoms with E-state index in [0.717, 1.165) is 16.6 Å². The molecule has 1 heterocycles. The Kier molecular flexibility index (Phi) is 3.72. The van der Waals surface area contributed by atoms with Crippen LogP contribution in [-0.2, 0) is 0 Å². The maximum Gasteiger partial charge on any atom is 0.336 e. The van der Waals surface area contributed by atoms with Crippen LogP contribution in [0.4, 0.5) is 5.69 Å². The van der Waals surface area contributed by atoms with Crippen molar-refractivity contribution in [3.63, 3.8) is 0 Å². The molecule has 0 aliphatic carbocycles. The fourth-order valence-electron chi connectivity index (χ4n) is 2.04. The molecular weight excluding hydrogens is 238 g/mol. The molecule has 0 amide bonds. The van der Waals surface area contributed by atoms with Crippen LogP contribution in [-0.4, -0.2) is 13.1 Å². The van der Waals surface area contributed by atoms with Crippen LogP contribution < -0.4 is 10.5 Å². The van der Waals surface area contributed by atoms with E-state index in [-0.39, 0.29) is 5.63 Å². The van der Waals surface area contributed by atoms with Crippen LogP contribution in [0.3, 0.4) is 0 Å². The van der Waals surface area contributed by atoms with Crippen molar-refractivity contribution in [2.24, 2.45) is 0 Å². The van der Waals surface area contributed by atoms with Crippen LogP contribution >= 0.6 is 0 Å². The molecule has 2 aromatic rings. The predicted octanol–water partition coefficient (Wildman–Crippen LogP) is 2.73. The standard InChI is InChI=1S/C16H15NO2/c1-4-8-17(9-5-2)13-6-7-14-12(3)10-16(18)19-15(14)11-13/h1,5-7,10-11H,2,8-9H2,3H3. The van der Waals surface area contributed by atoms with Gasteiger partial charge in [0.25, 0.3) is 0 Å². The van der Waals surface area contributed by atoms with Crippen molar-refractivity contribution in [3.05, 3.63) is 52.9 Å². The highest BCUT2D eigenvalue weighted by Crippen LogP contribution is 2.23. The van der Waals surface area contributed by atoms with Crippen molar-refractivity contribution in [2.75, 3.05) is 18.0 Å². The SMILES string of the molecule is C#CCN(CC=C)c1ccc2c(C)cc(=O)oc2c1. The molecule has 1 aromatic carbocycles. The quantitative estimate of drug-likeness (QED) is 0.477. The molecule has 0 bridgehead atoms. The van der Waals surface area contributed by atoms with E-state index in [2.05, 4.69) is 12.5 Å². The van der Waals surface area contributed by atoms with Crippen molar-refractivity contribution in [1.29, 1.82) is 0 Å². The fourth-order valence-corrected chi connectivity index (χ4v) is 2.04. The zero-order valence-corrected chi connectivity index (χ0v) is 10.8. The van der Waals surface area contributed by atoms with Gasteiger partial charge in [-0.3, -0.25) is 0 Å². The van der Waals surface area contributed by atoms with Crippen LogP contribution in [0.15, 0.2) is 46.1 Å². The molecule has 96 valence electrons. The van der Waals surface area contributed by atoms with Gasteiger partial charge in [0.15, 0.2) is 0 Å². The Balaban J connectivity index is 2.54. The lowest BCUT2D eigenvalue weighted by molar-refractivity contribution is 0.560. The van der Waals surface area contributed by atoms with E-state index >= 15 is 0 Å². The smallest absolute Gasteiger partial charge is 0.336 e. The highest BCUT2D eigenvalue weighted by molar-refractivity contribution is 5.83. The second-order valence-electron chi connectivity index (χ2n) is 4.30. The number of nitrogens with zero attached hydrogens (tertiary/aromatic N) is 1. The molecule has 0 radical (unpaired) electrons. The van der Waals surface area contributed by atoms with Gasteiger partial charge in [0.1, 0.15) is 5.58 Å². The molecule has 2 rings (SSSR count). The van der Waals surface area contributed by atoms with E-state index in [9.17, 15) is 4.79 Å². The first-order valence-corrected chi connectivity index (χ1v) is 5.99.